The minimum atomic E-state index is -3.98. The van der Waals surface area contributed by atoms with Gasteiger partial charge in [-0.25, -0.2) is 22.1 Å². The van der Waals surface area contributed by atoms with Gasteiger partial charge in [-0.2, -0.15) is 8.42 Å². The molecule has 0 saturated carbocycles. The molecule has 2 rings (SSSR count). The van der Waals surface area contributed by atoms with Crippen LogP contribution in [0, 0.1) is 23.3 Å². The first-order valence-electron chi connectivity index (χ1n) is 13.4. The standard InChI is InChI=1S/C28H38F4N2O3S/c1-2-3-4-5-6-7-8-9-10-17-33-28-26(31)24(29)23(25(30)27(28)32)14-13-22-15-19-34(20-16-22)18-11-12-21-38(35,36)37/h13-16,19-20H,2-12,17-18,21H2,1H3,(H,35,36,37)/p+1. The van der Waals surface area contributed by atoms with Crippen molar-refractivity contribution in [2.75, 3.05) is 17.6 Å². The lowest BCUT2D eigenvalue weighted by Crippen LogP contribution is -2.32. The molecule has 0 aliphatic heterocycles. The summed E-state index contributed by atoms with van der Waals surface area (Å²) in [5, 5.41) is 2.51. The highest BCUT2D eigenvalue weighted by molar-refractivity contribution is 7.85. The number of halogens is 4. The van der Waals surface area contributed by atoms with Gasteiger partial charge in [-0.3, -0.25) is 4.55 Å². The Morgan fingerprint density at radius 3 is 1.89 bits per heavy atom. The van der Waals surface area contributed by atoms with Crippen molar-refractivity contribution in [3.8, 4) is 0 Å². The van der Waals surface area contributed by atoms with Gasteiger partial charge >= 0.3 is 0 Å². The van der Waals surface area contributed by atoms with Crippen LogP contribution in [0.1, 0.15) is 88.7 Å². The Morgan fingerprint density at radius 2 is 1.34 bits per heavy atom. The Kier molecular flexibility index (Phi) is 13.8. The van der Waals surface area contributed by atoms with Crippen LogP contribution in [0.5, 0.6) is 0 Å². The number of hydrogen-bond donors (Lipinski definition) is 2. The zero-order chi connectivity index (χ0) is 28.0. The van der Waals surface area contributed by atoms with E-state index in [2.05, 4.69) is 12.2 Å². The second-order valence-corrected chi connectivity index (χ2v) is 11.1. The van der Waals surface area contributed by atoms with Crippen molar-refractivity contribution >= 4 is 28.0 Å². The fourth-order valence-electron chi connectivity index (χ4n) is 4.09. The quantitative estimate of drug-likeness (QED) is 0.0661. The van der Waals surface area contributed by atoms with E-state index in [0.717, 1.165) is 25.3 Å². The summed E-state index contributed by atoms with van der Waals surface area (Å²) >= 11 is 0. The number of aryl methyl sites for hydroxylation is 1. The van der Waals surface area contributed by atoms with Gasteiger partial charge in [-0.15, -0.1) is 0 Å². The first-order valence-corrected chi connectivity index (χ1v) is 15.0. The molecule has 10 heteroatoms. The molecular weight excluding hydrogens is 520 g/mol. The number of nitrogens with zero attached hydrogens (tertiary/aromatic N) is 1. The van der Waals surface area contributed by atoms with E-state index in [1.165, 1.54) is 38.2 Å². The molecule has 0 unspecified atom stereocenters. The topological polar surface area (TPSA) is 70.3 Å². The van der Waals surface area contributed by atoms with Gasteiger partial charge in [0.25, 0.3) is 10.1 Å². The molecule has 212 valence electrons. The summed E-state index contributed by atoms with van der Waals surface area (Å²) in [6.07, 6.45) is 16.2. The Bertz CT molecular complexity index is 1110. The molecule has 0 fully saturated rings. The van der Waals surface area contributed by atoms with Gasteiger partial charge in [-0.1, -0.05) is 64.4 Å². The Labute approximate surface area is 223 Å². The second-order valence-electron chi connectivity index (χ2n) is 9.50. The predicted octanol–water partition coefficient (Wildman–Crippen LogP) is 7.31. The van der Waals surface area contributed by atoms with Gasteiger partial charge in [0.1, 0.15) is 12.2 Å². The zero-order valence-electron chi connectivity index (χ0n) is 22.0. The monoisotopic (exact) mass is 559 g/mol. The number of rotatable bonds is 18. The van der Waals surface area contributed by atoms with Crippen LogP contribution in [0.3, 0.4) is 0 Å². The first-order chi connectivity index (χ1) is 18.1. The van der Waals surface area contributed by atoms with Crippen molar-refractivity contribution in [1.82, 2.24) is 0 Å². The Morgan fingerprint density at radius 1 is 0.789 bits per heavy atom. The highest BCUT2D eigenvalue weighted by Crippen LogP contribution is 2.29. The van der Waals surface area contributed by atoms with Gasteiger partial charge in [0.15, 0.2) is 35.7 Å². The highest BCUT2D eigenvalue weighted by Gasteiger charge is 2.24. The molecular formula is C28H39F4N2O3S+. The van der Waals surface area contributed by atoms with Gasteiger partial charge in [0.05, 0.1) is 11.3 Å². The average molecular weight is 560 g/mol. The Hall–Kier alpha value is -2.46. The Balaban J connectivity index is 1.89. The van der Waals surface area contributed by atoms with Crippen molar-refractivity contribution in [2.45, 2.75) is 84.1 Å². The fraction of sp³-hybridized carbons (Fsp3) is 0.536. The summed E-state index contributed by atoms with van der Waals surface area (Å²) in [5.74, 6) is -6.13. The van der Waals surface area contributed by atoms with Crippen molar-refractivity contribution in [3.05, 3.63) is 58.9 Å². The molecule has 0 aliphatic rings. The third-order valence-electron chi connectivity index (χ3n) is 6.31. The van der Waals surface area contributed by atoms with Crippen molar-refractivity contribution < 1.29 is 35.1 Å². The molecule has 0 amide bonds. The van der Waals surface area contributed by atoms with E-state index in [1.54, 1.807) is 29.1 Å². The molecule has 38 heavy (non-hydrogen) atoms. The molecule has 1 heterocycles. The molecule has 0 saturated heterocycles. The summed E-state index contributed by atoms with van der Waals surface area (Å²) in [5.41, 5.74) is -1.03. The lowest BCUT2D eigenvalue weighted by Gasteiger charge is -2.12. The van der Waals surface area contributed by atoms with E-state index in [-0.39, 0.29) is 12.3 Å². The van der Waals surface area contributed by atoms with Crippen LogP contribution in [0.4, 0.5) is 23.2 Å². The molecule has 2 aromatic rings. The molecule has 1 aromatic carbocycles. The normalized spacial score (nSPS) is 11.9. The summed E-state index contributed by atoms with van der Waals surface area (Å²) in [6.45, 7) is 2.90. The van der Waals surface area contributed by atoms with Crippen molar-refractivity contribution in [3.63, 3.8) is 0 Å². The smallest absolute Gasteiger partial charge is 0.264 e. The average Bonchev–Trinajstić information content (AvgIpc) is 2.88. The third kappa shape index (κ3) is 11.1. The number of hydrogen-bond acceptors (Lipinski definition) is 3. The molecule has 0 aliphatic carbocycles. The maximum absolute atomic E-state index is 14.6. The predicted molar refractivity (Wildman–Crippen MR) is 143 cm³/mol. The number of pyridine rings is 1. The minimum Gasteiger partial charge on any atom is -0.380 e. The van der Waals surface area contributed by atoms with Crippen LogP contribution in [-0.4, -0.2) is 25.3 Å². The lowest BCUT2D eigenvalue weighted by molar-refractivity contribution is -0.697. The molecule has 0 spiro atoms. The third-order valence-corrected chi connectivity index (χ3v) is 7.11. The van der Waals surface area contributed by atoms with Crippen LogP contribution in [0.2, 0.25) is 0 Å². The van der Waals surface area contributed by atoms with Crippen LogP contribution in [-0.2, 0) is 16.7 Å². The maximum Gasteiger partial charge on any atom is 0.264 e. The van der Waals surface area contributed by atoms with Crippen LogP contribution >= 0.6 is 0 Å². The van der Waals surface area contributed by atoms with E-state index >= 15 is 0 Å². The lowest BCUT2D eigenvalue weighted by atomic mass is 10.1. The number of nitrogens with one attached hydrogen (secondary N) is 1. The largest absolute Gasteiger partial charge is 0.380 e. The van der Waals surface area contributed by atoms with Gasteiger partial charge in [-0.05, 0) is 24.5 Å². The summed E-state index contributed by atoms with van der Waals surface area (Å²) in [4.78, 5) is 0. The van der Waals surface area contributed by atoms with E-state index in [4.69, 9.17) is 4.55 Å². The van der Waals surface area contributed by atoms with Gasteiger partial charge in [0, 0.05) is 25.1 Å². The number of unbranched alkanes of at least 4 members (excludes halogenated alkanes) is 9. The van der Waals surface area contributed by atoms with Crippen LogP contribution in [0.15, 0.2) is 24.5 Å². The summed E-state index contributed by atoms with van der Waals surface area (Å²) in [7, 11) is -3.98. The van der Waals surface area contributed by atoms with Crippen LogP contribution < -0.4 is 9.88 Å². The van der Waals surface area contributed by atoms with Crippen LogP contribution in [0.25, 0.3) is 12.2 Å². The molecule has 0 radical (unpaired) electrons. The molecule has 5 nitrogen and oxygen atoms in total. The van der Waals surface area contributed by atoms with Crippen molar-refractivity contribution in [2.24, 2.45) is 0 Å². The van der Waals surface area contributed by atoms with Crippen molar-refractivity contribution in [1.29, 1.82) is 0 Å². The van der Waals surface area contributed by atoms with E-state index in [1.807, 2.05) is 0 Å². The SMILES string of the molecule is CCCCCCCCCCCNc1c(F)c(F)c(C=Cc2cc[n+](CCCCS(=O)(=O)O)cc2)c(F)c1F. The highest BCUT2D eigenvalue weighted by atomic mass is 32.2. The molecule has 1 aromatic heterocycles. The minimum absolute atomic E-state index is 0.220. The molecule has 0 bridgehead atoms. The maximum atomic E-state index is 14.6. The zero-order valence-corrected chi connectivity index (χ0v) is 22.8. The fourth-order valence-corrected chi connectivity index (χ4v) is 4.66. The van der Waals surface area contributed by atoms with Gasteiger partial charge < -0.3 is 5.32 Å². The molecule has 2 N–H and O–H groups in total. The first kappa shape index (κ1) is 31.8. The summed E-state index contributed by atoms with van der Waals surface area (Å²) < 4.78 is 90.3. The summed E-state index contributed by atoms with van der Waals surface area (Å²) in [6, 6.07) is 3.28. The van der Waals surface area contributed by atoms with E-state index in [9.17, 15) is 26.0 Å². The second kappa shape index (κ2) is 16.5. The van der Waals surface area contributed by atoms with Gasteiger partial charge in [0.2, 0.25) is 0 Å². The number of aromatic nitrogens is 1. The number of benzene rings is 1. The molecule has 0 atom stereocenters. The van der Waals surface area contributed by atoms with E-state index < -0.39 is 44.6 Å². The number of anilines is 1. The van der Waals surface area contributed by atoms with E-state index in [0.29, 0.717) is 31.4 Å².